The van der Waals surface area contributed by atoms with Gasteiger partial charge in [0.25, 0.3) is 0 Å². The van der Waals surface area contributed by atoms with Gasteiger partial charge in [0.05, 0.1) is 24.5 Å². The molecule has 4 atom stereocenters. The number of amides is 4. The standard InChI is InChI=1S/C47H51ClN4O8/c1-30(49-45(58)59-27-39-37-16-9-7-14-35(37)36-15-8-10-17-38(36)39)43(56)52-40(28-60-46(52,2)3)42(55)50-47(26-32-18-20-34(48)21-19-32)22-11-23-51(29-47)44(57)33(25-41(53)54)24-31-12-5-4-6-13-31/h4-10,12-21,30,33,39-40H,11,22-29H2,1-3H3,(H,49,58)(H,50,55)(H,53,54). The Balaban J connectivity index is 1.06. The highest BCUT2D eigenvalue weighted by Crippen LogP contribution is 2.44. The zero-order valence-corrected chi connectivity index (χ0v) is 34.8. The topological polar surface area (TPSA) is 155 Å². The number of likely N-dealkylation sites (tertiary alicyclic amines) is 1. The fourth-order valence-electron chi connectivity index (χ4n) is 9.06. The predicted molar refractivity (Wildman–Crippen MR) is 226 cm³/mol. The monoisotopic (exact) mass is 834 g/mol. The molecule has 4 amide bonds. The first-order valence-corrected chi connectivity index (χ1v) is 20.8. The van der Waals surface area contributed by atoms with Crippen LogP contribution in [-0.2, 0) is 41.5 Å². The first kappa shape index (κ1) is 42.4. The van der Waals surface area contributed by atoms with Crippen LogP contribution < -0.4 is 10.6 Å². The van der Waals surface area contributed by atoms with Gasteiger partial charge >= 0.3 is 12.1 Å². The number of carbonyl (C=O) groups is 5. The number of piperidine rings is 1. The average molecular weight is 835 g/mol. The number of alkyl carbamates (subject to hydrolysis) is 1. The molecule has 12 nitrogen and oxygen atoms in total. The summed E-state index contributed by atoms with van der Waals surface area (Å²) < 4.78 is 11.8. The molecule has 13 heteroatoms. The second-order valence-electron chi connectivity index (χ2n) is 16.6. The van der Waals surface area contributed by atoms with E-state index in [9.17, 15) is 29.1 Å². The Kier molecular flexibility index (Phi) is 12.6. The summed E-state index contributed by atoms with van der Waals surface area (Å²) in [5.74, 6) is -3.35. The molecule has 7 rings (SSSR count). The first-order valence-electron chi connectivity index (χ1n) is 20.4. The minimum atomic E-state index is -1.20. The number of carbonyl (C=O) groups excluding carboxylic acids is 4. The van der Waals surface area contributed by atoms with Gasteiger partial charge in [-0.3, -0.25) is 24.1 Å². The molecule has 0 aromatic heterocycles. The normalized spacial score (nSPS) is 20.4. The molecule has 314 valence electrons. The van der Waals surface area contributed by atoms with Crippen LogP contribution in [0.15, 0.2) is 103 Å². The Morgan fingerprint density at radius 2 is 1.50 bits per heavy atom. The molecular weight excluding hydrogens is 784 g/mol. The second-order valence-corrected chi connectivity index (χ2v) is 17.0. The maximum absolute atomic E-state index is 14.6. The molecule has 4 aromatic rings. The van der Waals surface area contributed by atoms with Crippen molar-refractivity contribution in [3.63, 3.8) is 0 Å². The van der Waals surface area contributed by atoms with Crippen LogP contribution in [-0.4, -0.2) is 94.3 Å². The molecule has 3 aliphatic rings. The van der Waals surface area contributed by atoms with E-state index in [2.05, 4.69) is 22.8 Å². The zero-order chi connectivity index (χ0) is 42.6. The zero-order valence-electron chi connectivity index (χ0n) is 34.1. The van der Waals surface area contributed by atoms with Gasteiger partial charge < -0.3 is 30.1 Å². The van der Waals surface area contributed by atoms with Gasteiger partial charge in [-0.1, -0.05) is 103 Å². The maximum Gasteiger partial charge on any atom is 0.407 e. The average Bonchev–Trinajstić information content (AvgIpc) is 3.73. The van der Waals surface area contributed by atoms with E-state index in [4.69, 9.17) is 21.1 Å². The largest absolute Gasteiger partial charge is 0.481 e. The summed E-state index contributed by atoms with van der Waals surface area (Å²) in [6.45, 7) is 5.42. The van der Waals surface area contributed by atoms with Crippen molar-refractivity contribution in [2.45, 2.75) is 82.1 Å². The van der Waals surface area contributed by atoms with Gasteiger partial charge in [-0.25, -0.2) is 4.79 Å². The van der Waals surface area contributed by atoms with Crippen molar-refractivity contribution in [3.05, 3.63) is 130 Å². The number of ether oxygens (including phenoxy) is 2. The van der Waals surface area contributed by atoms with Crippen molar-refractivity contribution in [2.24, 2.45) is 5.92 Å². The summed E-state index contributed by atoms with van der Waals surface area (Å²) in [7, 11) is 0. The lowest BCUT2D eigenvalue weighted by atomic mass is 9.81. The van der Waals surface area contributed by atoms with Gasteiger partial charge in [-0.15, -0.1) is 0 Å². The van der Waals surface area contributed by atoms with Crippen molar-refractivity contribution in [1.29, 1.82) is 0 Å². The molecule has 2 heterocycles. The van der Waals surface area contributed by atoms with Crippen molar-refractivity contribution in [2.75, 3.05) is 26.3 Å². The second kappa shape index (κ2) is 17.9. The van der Waals surface area contributed by atoms with Crippen LogP contribution in [0.1, 0.15) is 68.2 Å². The predicted octanol–water partition coefficient (Wildman–Crippen LogP) is 6.58. The minimum Gasteiger partial charge on any atom is -0.481 e. The highest BCUT2D eigenvalue weighted by molar-refractivity contribution is 6.30. The molecule has 60 heavy (non-hydrogen) atoms. The molecule has 0 saturated carbocycles. The lowest BCUT2D eigenvalue weighted by molar-refractivity contribution is -0.152. The highest BCUT2D eigenvalue weighted by Gasteiger charge is 2.50. The summed E-state index contributed by atoms with van der Waals surface area (Å²) in [5.41, 5.74) is 3.86. The van der Waals surface area contributed by atoms with E-state index >= 15 is 0 Å². The van der Waals surface area contributed by atoms with Crippen LogP contribution in [0.25, 0.3) is 11.1 Å². The summed E-state index contributed by atoms with van der Waals surface area (Å²) in [5, 5.41) is 16.3. The fraction of sp³-hybridized carbons (Fsp3) is 0.383. The van der Waals surface area contributed by atoms with Gasteiger partial charge in [-0.05, 0) is 92.0 Å². The van der Waals surface area contributed by atoms with E-state index in [1.54, 1.807) is 37.8 Å². The number of nitrogens with one attached hydrogen (secondary N) is 2. The van der Waals surface area contributed by atoms with Crippen LogP contribution in [0.5, 0.6) is 0 Å². The first-order chi connectivity index (χ1) is 28.7. The molecule has 0 spiro atoms. The number of benzene rings is 4. The highest BCUT2D eigenvalue weighted by atomic mass is 35.5. The Bertz CT molecular complexity index is 2190. The van der Waals surface area contributed by atoms with Crippen molar-refractivity contribution in [3.8, 4) is 11.1 Å². The number of carboxylic acids is 1. The van der Waals surface area contributed by atoms with Crippen LogP contribution >= 0.6 is 11.6 Å². The van der Waals surface area contributed by atoms with Gasteiger partial charge in [0.2, 0.25) is 17.7 Å². The number of fused-ring (bicyclic) bond motifs is 3. The van der Waals surface area contributed by atoms with Crippen molar-refractivity contribution >= 4 is 41.4 Å². The number of nitrogens with zero attached hydrogens (tertiary/aromatic N) is 2. The number of carboxylic acid groups (broad SMARTS) is 1. The van der Waals surface area contributed by atoms with Gasteiger partial charge in [0.15, 0.2) is 0 Å². The summed E-state index contributed by atoms with van der Waals surface area (Å²) in [6.07, 6.45) is 0.548. The van der Waals surface area contributed by atoms with Crippen molar-refractivity contribution < 1.29 is 38.6 Å². The lowest BCUT2D eigenvalue weighted by Crippen LogP contribution is -2.65. The third-order valence-corrected chi connectivity index (χ3v) is 12.2. The summed E-state index contributed by atoms with van der Waals surface area (Å²) in [6, 6.07) is 30.5. The van der Waals surface area contributed by atoms with Gasteiger partial charge in [0.1, 0.15) is 24.4 Å². The molecule has 1 aliphatic carbocycles. The molecule has 0 bridgehead atoms. The van der Waals surface area contributed by atoms with Crippen LogP contribution in [0.2, 0.25) is 5.02 Å². The van der Waals surface area contributed by atoms with Crippen molar-refractivity contribution in [1.82, 2.24) is 20.4 Å². The van der Waals surface area contributed by atoms with Crippen LogP contribution in [0.4, 0.5) is 4.79 Å². The number of halogens is 1. The van der Waals surface area contributed by atoms with E-state index in [1.165, 1.54) is 4.90 Å². The molecular formula is C47H51ClN4O8. The minimum absolute atomic E-state index is 0.0721. The molecule has 2 saturated heterocycles. The summed E-state index contributed by atoms with van der Waals surface area (Å²) in [4.78, 5) is 71.2. The SMILES string of the molecule is CC(NC(=O)OCC1c2ccccc2-c2ccccc21)C(=O)N1C(C(=O)NC2(Cc3ccc(Cl)cc3)CCCN(C(=O)C(CC(=O)O)Cc3ccccc3)C2)COC1(C)C. The number of hydrogen-bond donors (Lipinski definition) is 3. The third kappa shape index (κ3) is 9.35. The van der Waals surface area contributed by atoms with E-state index in [0.29, 0.717) is 30.8 Å². The number of aliphatic carboxylic acids is 1. The molecule has 2 aliphatic heterocycles. The smallest absolute Gasteiger partial charge is 0.407 e. The molecule has 2 fully saturated rings. The quantitative estimate of drug-likeness (QED) is 0.137. The van der Waals surface area contributed by atoms with Gasteiger partial charge in [0, 0.05) is 24.0 Å². The fourth-order valence-corrected chi connectivity index (χ4v) is 9.19. The molecule has 3 N–H and O–H groups in total. The van der Waals surface area contributed by atoms with E-state index in [-0.39, 0.29) is 44.4 Å². The van der Waals surface area contributed by atoms with E-state index in [0.717, 1.165) is 33.4 Å². The van der Waals surface area contributed by atoms with Crippen LogP contribution in [0.3, 0.4) is 0 Å². The Labute approximate surface area is 355 Å². The van der Waals surface area contributed by atoms with E-state index < -0.39 is 53.1 Å². The number of rotatable bonds is 13. The third-order valence-electron chi connectivity index (χ3n) is 11.9. The number of hydrogen-bond acceptors (Lipinski definition) is 7. The lowest BCUT2D eigenvalue weighted by Gasteiger charge is -2.45. The van der Waals surface area contributed by atoms with E-state index in [1.807, 2.05) is 78.9 Å². The Hall–Kier alpha value is -5.72. The Morgan fingerprint density at radius 3 is 2.15 bits per heavy atom. The Morgan fingerprint density at radius 1 is 0.867 bits per heavy atom. The molecule has 4 aromatic carbocycles. The van der Waals surface area contributed by atoms with Gasteiger partial charge in [-0.2, -0.15) is 0 Å². The molecule has 4 unspecified atom stereocenters. The molecule has 0 radical (unpaired) electrons. The summed E-state index contributed by atoms with van der Waals surface area (Å²) >= 11 is 6.22. The van der Waals surface area contributed by atoms with Crippen LogP contribution in [0, 0.1) is 5.92 Å². The maximum atomic E-state index is 14.6.